The number of hydrogen-bond donors (Lipinski definition) is 1. The maximum atomic E-state index is 12.5. The van der Waals surface area contributed by atoms with Gasteiger partial charge in [0.15, 0.2) is 17.7 Å². The van der Waals surface area contributed by atoms with Gasteiger partial charge in [0.2, 0.25) is 0 Å². The molecular weight excluding hydrogens is 535 g/mol. The first-order valence-corrected chi connectivity index (χ1v) is 18.2. The summed E-state index contributed by atoms with van der Waals surface area (Å²) in [5.74, 6) is 1.69. The lowest BCUT2D eigenvalue weighted by Gasteiger charge is -2.35. The van der Waals surface area contributed by atoms with Crippen LogP contribution in [0.5, 0.6) is 11.5 Å². The Bertz CT molecular complexity index is 1150. The summed E-state index contributed by atoms with van der Waals surface area (Å²) in [4.78, 5) is 12.5. The van der Waals surface area contributed by atoms with E-state index >= 15 is 0 Å². The maximum Gasteiger partial charge on any atom is 0.495 e. The van der Waals surface area contributed by atoms with E-state index in [0.717, 1.165) is 46.6 Å². The zero-order valence-electron chi connectivity index (χ0n) is 29.5. The molecule has 0 unspecified atom stereocenters. The predicted octanol–water partition coefficient (Wildman–Crippen LogP) is 11.9. The minimum atomic E-state index is -3.29. The first-order chi connectivity index (χ1) is 19.1. The highest BCUT2D eigenvalue weighted by atomic mass is 31.2. The Kier molecular flexibility index (Phi) is 10.3. The van der Waals surface area contributed by atoms with Crippen LogP contribution in [0.15, 0.2) is 24.3 Å². The van der Waals surface area contributed by atoms with Crippen LogP contribution in [0.25, 0.3) is 0 Å². The van der Waals surface area contributed by atoms with E-state index in [-0.39, 0.29) is 27.6 Å². The first-order valence-electron chi connectivity index (χ1n) is 16.5. The number of unbranched alkanes of at least 4 members (excludes halogenated alkanes) is 5. The van der Waals surface area contributed by atoms with Crippen molar-refractivity contribution in [1.29, 1.82) is 0 Å². The highest BCUT2D eigenvalue weighted by Gasteiger charge is 2.49. The van der Waals surface area contributed by atoms with E-state index in [1.54, 1.807) is 0 Å². The summed E-state index contributed by atoms with van der Waals surface area (Å²) in [6, 6.07) is 9.32. The number of hydrogen-bond acceptors (Lipinski definition) is 3. The SMILES string of the molecule is CCCCCCCC[P+]1(O)Oc2c(cc(C(C)(C)C)cc2C(C)(C)C)C(C)c2cc(C(C)(C)C)cc(C(C)(C)C)c2O1. The molecule has 0 fully saturated rings. The summed E-state index contributed by atoms with van der Waals surface area (Å²) >= 11 is 0. The van der Waals surface area contributed by atoms with Crippen molar-refractivity contribution in [3.63, 3.8) is 0 Å². The smallest absolute Gasteiger partial charge is 0.277 e. The van der Waals surface area contributed by atoms with Gasteiger partial charge in [-0.05, 0) is 45.6 Å². The second-order valence-electron chi connectivity index (χ2n) is 16.9. The van der Waals surface area contributed by atoms with Crippen molar-refractivity contribution in [3.05, 3.63) is 57.6 Å². The largest absolute Gasteiger partial charge is 0.495 e. The van der Waals surface area contributed by atoms with Crippen LogP contribution in [0.2, 0.25) is 0 Å². The Morgan fingerprint density at radius 2 is 0.976 bits per heavy atom. The lowest BCUT2D eigenvalue weighted by Crippen LogP contribution is -2.25. The molecule has 0 aromatic heterocycles. The third-order valence-corrected chi connectivity index (χ3v) is 10.6. The van der Waals surface area contributed by atoms with E-state index in [0.29, 0.717) is 6.16 Å². The summed E-state index contributed by atoms with van der Waals surface area (Å²) in [5, 5.41) is 0. The summed E-state index contributed by atoms with van der Waals surface area (Å²) < 4.78 is 13.8. The second-order valence-corrected chi connectivity index (χ2v) is 19.0. The molecule has 0 spiro atoms. The highest BCUT2D eigenvalue weighted by Crippen LogP contribution is 2.63. The van der Waals surface area contributed by atoms with Crippen molar-refractivity contribution < 1.29 is 13.9 Å². The second kappa shape index (κ2) is 12.4. The molecule has 0 saturated heterocycles. The van der Waals surface area contributed by atoms with Crippen LogP contribution in [0.1, 0.15) is 175 Å². The topological polar surface area (TPSA) is 38.7 Å². The minimum Gasteiger partial charge on any atom is -0.277 e. The molecule has 0 atom stereocenters. The highest BCUT2D eigenvalue weighted by molar-refractivity contribution is 7.61. The lowest BCUT2D eigenvalue weighted by molar-refractivity contribution is 0.327. The van der Waals surface area contributed by atoms with Gasteiger partial charge in [0.25, 0.3) is 0 Å². The lowest BCUT2D eigenvalue weighted by atomic mass is 9.74. The monoisotopic (exact) mass is 597 g/mol. The molecular formula is C38H62O3P+. The molecule has 1 N–H and O–H groups in total. The van der Waals surface area contributed by atoms with Gasteiger partial charge in [-0.1, -0.05) is 147 Å². The van der Waals surface area contributed by atoms with Crippen molar-refractivity contribution in [1.82, 2.24) is 0 Å². The van der Waals surface area contributed by atoms with Crippen molar-refractivity contribution in [2.24, 2.45) is 0 Å². The minimum absolute atomic E-state index is 0.0236. The fraction of sp³-hybridized carbons (Fsp3) is 0.684. The van der Waals surface area contributed by atoms with Crippen molar-refractivity contribution in [2.45, 2.75) is 163 Å². The Morgan fingerprint density at radius 1 is 0.595 bits per heavy atom. The van der Waals surface area contributed by atoms with Gasteiger partial charge in [-0.3, -0.25) is 9.05 Å². The Hall–Kier alpha value is -1.57. The normalized spacial score (nSPS) is 19.7. The number of rotatable bonds is 7. The van der Waals surface area contributed by atoms with Gasteiger partial charge < -0.3 is 0 Å². The van der Waals surface area contributed by atoms with Gasteiger partial charge in [0.05, 0.1) is 0 Å². The molecule has 236 valence electrons. The molecule has 3 rings (SSSR count). The molecule has 1 heterocycles. The summed E-state index contributed by atoms with van der Waals surface area (Å²) in [7, 11) is -3.29. The average Bonchev–Trinajstić information content (AvgIpc) is 2.82. The third kappa shape index (κ3) is 8.12. The zero-order valence-corrected chi connectivity index (χ0v) is 30.4. The van der Waals surface area contributed by atoms with E-state index in [2.05, 4.69) is 121 Å². The van der Waals surface area contributed by atoms with E-state index < -0.39 is 7.94 Å². The van der Waals surface area contributed by atoms with E-state index in [1.807, 2.05) is 0 Å². The molecule has 2 aromatic carbocycles. The summed E-state index contributed by atoms with van der Waals surface area (Å²) in [6.45, 7) is 31.7. The molecule has 42 heavy (non-hydrogen) atoms. The van der Waals surface area contributed by atoms with Crippen molar-refractivity contribution in [2.75, 3.05) is 6.16 Å². The fourth-order valence-electron chi connectivity index (χ4n) is 5.78. The van der Waals surface area contributed by atoms with Crippen LogP contribution >= 0.6 is 7.94 Å². The van der Waals surface area contributed by atoms with E-state index in [9.17, 15) is 4.89 Å². The van der Waals surface area contributed by atoms with Crippen LogP contribution in [0.4, 0.5) is 0 Å². The van der Waals surface area contributed by atoms with Crippen molar-refractivity contribution in [3.8, 4) is 11.5 Å². The maximum absolute atomic E-state index is 12.5. The standard InChI is InChI=1S/C38H62O3P/c1-15-16-17-18-19-20-21-42(39)40-33-29(22-27(35(3,4)5)24-31(33)37(9,10)11)26(2)30-23-28(36(6,7)8)25-32(34(30)41-42)38(12,13)14/h22-26,39H,15-21H2,1-14H3/q+1. The van der Waals surface area contributed by atoms with Crippen molar-refractivity contribution >= 4 is 7.94 Å². The predicted molar refractivity (Wildman–Crippen MR) is 184 cm³/mol. The van der Waals surface area contributed by atoms with Crippen LogP contribution in [-0.2, 0) is 21.7 Å². The zero-order chi connectivity index (χ0) is 31.9. The summed E-state index contributed by atoms with van der Waals surface area (Å²) in [5.41, 5.74) is 6.82. The number of fused-ring (bicyclic) bond motifs is 2. The molecule has 4 heteroatoms. The van der Waals surface area contributed by atoms with Crippen LogP contribution in [0.3, 0.4) is 0 Å². The quantitative estimate of drug-likeness (QED) is 0.255. The molecule has 0 amide bonds. The Morgan fingerprint density at radius 3 is 1.33 bits per heavy atom. The van der Waals surface area contributed by atoms with E-state index in [4.69, 9.17) is 9.05 Å². The molecule has 0 bridgehead atoms. The van der Waals surface area contributed by atoms with Gasteiger partial charge in [0.1, 0.15) is 0 Å². The first kappa shape index (κ1) is 34.9. The van der Waals surface area contributed by atoms with Gasteiger partial charge in [-0.2, -0.15) is 4.89 Å². The molecule has 2 aromatic rings. The van der Waals surface area contributed by atoms with Crippen LogP contribution in [-0.4, -0.2) is 11.1 Å². The molecule has 1 aliphatic heterocycles. The van der Waals surface area contributed by atoms with Gasteiger partial charge in [-0.25, -0.2) is 0 Å². The number of benzene rings is 2. The van der Waals surface area contributed by atoms with Gasteiger partial charge in [-0.15, -0.1) is 0 Å². The Labute approximate surface area is 259 Å². The Balaban J connectivity index is 2.36. The summed E-state index contributed by atoms with van der Waals surface area (Å²) in [6.07, 6.45) is 7.42. The van der Waals surface area contributed by atoms with Gasteiger partial charge >= 0.3 is 7.94 Å². The molecule has 0 saturated carbocycles. The average molecular weight is 598 g/mol. The van der Waals surface area contributed by atoms with E-state index in [1.165, 1.54) is 36.8 Å². The molecule has 3 nitrogen and oxygen atoms in total. The molecule has 0 radical (unpaired) electrons. The fourth-order valence-corrected chi connectivity index (χ4v) is 7.61. The molecule has 1 aliphatic rings. The van der Waals surface area contributed by atoms with Crippen LogP contribution < -0.4 is 9.05 Å². The molecule has 0 aliphatic carbocycles. The van der Waals surface area contributed by atoms with Crippen LogP contribution in [0, 0.1) is 0 Å². The third-order valence-electron chi connectivity index (χ3n) is 8.78. The van der Waals surface area contributed by atoms with Gasteiger partial charge in [0, 0.05) is 28.2 Å².